The van der Waals surface area contributed by atoms with Crippen molar-refractivity contribution in [3.8, 4) is 17.0 Å². The van der Waals surface area contributed by atoms with E-state index >= 15 is 0 Å². The molecule has 0 aliphatic heterocycles. The third-order valence-electron chi connectivity index (χ3n) is 3.67. The van der Waals surface area contributed by atoms with Gasteiger partial charge >= 0.3 is 5.97 Å². The van der Waals surface area contributed by atoms with Crippen molar-refractivity contribution < 1.29 is 19.4 Å². The molecule has 1 aromatic carbocycles. The first-order valence-electron chi connectivity index (χ1n) is 8.03. The van der Waals surface area contributed by atoms with E-state index in [1.165, 1.54) is 6.07 Å². The summed E-state index contributed by atoms with van der Waals surface area (Å²) < 4.78 is 4.81. The van der Waals surface area contributed by atoms with E-state index in [2.05, 4.69) is 4.98 Å². The van der Waals surface area contributed by atoms with Crippen LogP contribution in [0.4, 0.5) is 0 Å². The minimum atomic E-state index is -0.433. The Hall–Kier alpha value is -2.69. The minimum Gasteiger partial charge on any atom is -0.506 e. The maximum atomic E-state index is 12.3. The molecule has 0 aliphatic rings. The third kappa shape index (κ3) is 4.19. The average Bonchev–Trinajstić information content (AvgIpc) is 2.60. The molecule has 0 saturated heterocycles. The molecule has 5 heteroatoms. The van der Waals surface area contributed by atoms with E-state index in [9.17, 15) is 14.7 Å². The molecule has 0 fully saturated rings. The van der Waals surface area contributed by atoms with Crippen LogP contribution in [0.3, 0.4) is 0 Å². The van der Waals surface area contributed by atoms with Crippen LogP contribution in [0.25, 0.3) is 11.3 Å². The van der Waals surface area contributed by atoms with Crippen molar-refractivity contribution in [1.29, 1.82) is 0 Å². The molecule has 5 nitrogen and oxygen atoms in total. The number of aryl methyl sites for hydroxylation is 1. The third-order valence-corrected chi connectivity index (χ3v) is 3.67. The molecule has 24 heavy (non-hydrogen) atoms. The van der Waals surface area contributed by atoms with Crippen LogP contribution in [-0.4, -0.2) is 28.4 Å². The zero-order valence-corrected chi connectivity index (χ0v) is 13.9. The summed E-state index contributed by atoms with van der Waals surface area (Å²) in [6, 6.07) is 11.0. The molecule has 0 amide bonds. The highest BCUT2D eigenvalue weighted by molar-refractivity contribution is 5.98. The number of ketones is 1. The SMILES string of the molecule is CCOC(=O)CCC(=O)c1nc(-c2ccccc2CC)ccc1O. The van der Waals surface area contributed by atoms with Crippen LogP contribution in [0.15, 0.2) is 36.4 Å². The van der Waals surface area contributed by atoms with E-state index in [-0.39, 0.29) is 36.7 Å². The Morgan fingerprint density at radius 1 is 1.08 bits per heavy atom. The highest BCUT2D eigenvalue weighted by atomic mass is 16.5. The molecule has 0 radical (unpaired) electrons. The molecule has 1 heterocycles. The van der Waals surface area contributed by atoms with Crippen molar-refractivity contribution >= 4 is 11.8 Å². The first-order valence-corrected chi connectivity index (χ1v) is 8.03. The number of carbonyl (C=O) groups excluding carboxylic acids is 2. The summed E-state index contributed by atoms with van der Waals surface area (Å²) in [5, 5.41) is 9.95. The zero-order valence-electron chi connectivity index (χ0n) is 13.9. The Balaban J connectivity index is 2.25. The van der Waals surface area contributed by atoms with Crippen LogP contribution in [-0.2, 0) is 16.0 Å². The number of ether oxygens (including phenoxy) is 1. The second kappa shape index (κ2) is 8.24. The number of aromatic hydroxyl groups is 1. The number of esters is 1. The number of nitrogens with zero attached hydrogens (tertiary/aromatic N) is 1. The first kappa shape index (κ1) is 17.7. The molecular formula is C19H21NO4. The van der Waals surface area contributed by atoms with Crippen LogP contribution in [0, 0.1) is 0 Å². The maximum absolute atomic E-state index is 12.3. The second-order valence-corrected chi connectivity index (χ2v) is 5.30. The van der Waals surface area contributed by atoms with Gasteiger partial charge in [-0.2, -0.15) is 0 Å². The number of Topliss-reactive ketones (excluding diaryl/α,β-unsaturated/α-hetero) is 1. The summed E-state index contributed by atoms with van der Waals surface area (Å²) in [4.78, 5) is 28.0. The molecule has 1 N–H and O–H groups in total. The lowest BCUT2D eigenvalue weighted by Crippen LogP contribution is -2.09. The summed E-state index contributed by atoms with van der Waals surface area (Å²) in [5.74, 6) is -0.990. The minimum absolute atomic E-state index is 0.0114. The van der Waals surface area contributed by atoms with Gasteiger partial charge in [0.15, 0.2) is 5.78 Å². The summed E-state index contributed by atoms with van der Waals surface area (Å²) in [7, 11) is 0. The van der Waals surface area contributed by atoms with Gasteiger partial charge < -0.3 is 9.84 Å². The summed E-state index contributed by atoms with van der Waals surface area (Å²) in [6.45, 7) is 4.03. The molecule has 0 unspecified atom stereocenters. The number of hydrogen-bond acceptors (Lipinski definition) is 5. The highest BCUT2D eigenvalue weighted by Crippen LogP contribution is 2.26. The van der Waals surface area contributed by atoms with Crippen LogP contribution < -0.4 is 0 Å². The van der Waals surface area contributed by atoms with Gasteiger partial charge in [0.2, 0.25) is 0 Å². The highest BCUT2D eigenvalue weighted by Gasteiger charge is 2.17. The predicted octanol–water partition coefficient (Wildman–Crippen LogP) is 3.54. The Labute approximate surface area is 141 Å². The molecule has 126 valence electrons. The van der Waals surface area contributed by atoms with E-state index in [1.54, 1.807) is 13.0 Å². The molecular weight excluding hydrogens is 306 g/mol. The summed E-state index contributed by atoms with van der Waals surface area (Å²) in [5.41, 5.74) is 2.66. The van der Waals surface area contributed by atoms with Crippen molar-refractivity contribution in [2.45, 2.75) is 33.1 Å². The zero-order chi connectivity index (χ0) is 17.5. The van der Waals surface area contributed by atoms with Gasteiger partial charge in [-0.05, 0) is 31.0 Å². The summed E-state index contributed by atoms with van der Waals surface area (Å²) in [6.07, 6.45) is 0.771. The fourth-order valence-corrected chi connectivity index (χ4v) is 2.45. The first-order chi connectivity index (χ1) is 11.6. The van der Waals surface area contributed by atoms with Crippen molar-refractivity contribution in [1.82, 2.24) is 4.98 Å². The van der Waals surface area contributed by atoms with Gasteiger partial charge in [0.05, 0.1) is 18.7 Å². The Morgan fingerprint density at radius 2 is 1.83 bits per heavy atom. The normalized spacial score (nSPS) is 10.4. The molecule has 0 saturated carbocycles. The van der Waals surface area contributed by atoms with Gasteiger partial charge in [-0.25, -0.2) is 4.98 Å². The van der Waals surface area contributed by atoms with Gasteiger partial charge in [0.25, 0.3) is 0 Å². The van der Waals surface area contributed by atoms with Gasteiger partial charge in [0, 0.05) is 12.0 Å². The molecule has 1 aromatic heterocycles. The number of hydrogen-bond donors (Lipinski definition) is 1. The van der Waals surface area contributed by atoms with Crippen LogP contribution in [0.1, 0.15) is 42.7 Å². The van der Waals surface area contributed by atoms with Gasteiger partial charge in [-0.3, -0.25) is 9.59 Å². The lowest BCUT2D eigenvalue weighted by Gasteiger charge is -2.10. The molecule has 2 aromatic rings. The quantitative estimate of drug-likeness (QED) is 0.622. The van der Waals surface area contributed by atoms with E-state index < -0.39 is 5.97 Å². The molecule has 0 bridgehead atoms. The van der Waals surface area contributed by atoms with E-state index in [0.717, 1.165) is 17.5 Å². The standard InChI is InChI=1S/C19H21NO4/c1-3-13-7-5-6-8-14(13)15-9-10-16(21)19(20-15)17(22)11-12-18(23)24-4-2/h5-10,21H,3-4,11-12H2,1-2H3. The largest absolute Gasteiger partial charge is 0.506 e. The number of aromatic nitrogens is 1. The molecule has 0 atom stereocenters. The lowest BCUT2D eigenvalue weighted by atomic mass is 10.0. The maximum Gasteiger partial charge on any atom is 0.306 e. The molecule has 0 aliphatic carbocycles. The van der Waals surface area contributed by atoms with Crippen LogP contribution in [0.5, 0.6) is 5.75 Å². The number of benzene rings is 1. The topological polar surface area (TPSA) is 76.5 Å². The fourth-order valence-electron chi connectivity index (χ4n) is 2.45. The smallest absolute Gasteiger partial charge is 0.306 e. The lowest BCUT2D eigenvalue weighted by molar-refractivity contribution is -0.143. The Morgan fingerprint density at radius 3 is 2.54 bits per heavy atom. The van der Waals surface area contributed by atoms with E-state index in [4.69, 9.17) is 4.74 Å². The van der Waals surface area contributed by atoms with Crippen molar-refractivity contribution in [3.05, 3.63) is 47.7 Å². The molecule has 2 rings (SSSR count). The predicted molar refractivity (Wildman–Crippen MR) is 90.9 cm³/mol. The van der Waals surface area contributed by atoms with Crippen molar-refractivity contribution in [3.63, 3.8) is 0 Å². The molecule has 0 spiro atoms. The van der Waals surface area contributed by atoms with Gasteiger partial charge in [-0.1, -0.05) is 31.2 Å². The van der Waals surface area contributed by atoms with Crippen molar-refractivity contribution in [2.24, 2.45) is 0 Å². The van der Waals surface area contributed by atoms with Crippen molar-refractivity contribution in [2.75, 3.05) is 6.61 Å². The van der Waals surface area contributed by atoms with Crippen LogP contribution >= 0.6 is 0 Å². The van der Waals surface area contributed by atoms with E-state index in [0.29, 0.717) is 5.69 Å². The summed E-state index contributed by atoms with van der Waals surface area (Å²) >= 11 is 0. The monoisotopic (exact) mass is 327 g/mol. The Kier molecular flexibility index (Phi) is 6.07. The van der Waals surface area contributed by atoms with E-state index in [1.807, 2.05) is 31.2 Å². The Bertz CT molecular complexity index is 740. The number of rotatable bonds is 7. The average molecular weight is 327 g/mol. The van der Waals surface area contributed by atoms with Gasteiger partial charge in [-0.15, -0.1) is 0 Å². The van der Waals surface area contributed by atoms with Gasteiger partial charge in [0.1, 0.15) is 11.4 Å². The number of pyridine rings is 1. The fraction of sp³-hybridized carbons (Fsp3) is 0.316. The van der Waals surface area contributed by atoms with Crippen LogP contribution in [0.2, 0.25) is 0 Å². The number of carbonyl (C=O) groups is 2. The second-order valence-electron chi connectivity index (χ2n) is 5.30.